The topological polar surface area (TPSA) is 44.8 Å². The molecule has 1 saturated heterocycles. The molecule has 1 atom stereocenters. The maximum absolute atomic E-state index is 12.6. The van der Waals surface area contributed by atoms with E-state index in [1.165, 1.54) is 11.3 Å². The number of carbonyl (C=O) groups is 1. The van der Waals surface area contributed by atoms with E-state index in [0.717, 1.165) is 36.5 Å². The summed E-state index contributed by atoms with van der Waals surface area (Å²) in [6.45, 7) is 5.97. The number of hydrogen-bond donors (Lipinski definition) is 1. The minimum atomic E-state index is -0.248. The van der Waals surface area contributed by atoms with Crippen molar-refractivity contribution in [2.75, 3.05) is 43.6 Å². The zero-order valence-corrected chi connectivity index (χ0v) is 17.4. The van der Waals surface area contributed by atoms with Gasteiger partial charge in [0.25, 0.3) is 0 Å². The third-order valence-electron chi connectivity index (χ3n) is 4.90. The van der Waals surface area contributed by atoms with Gasteiger partial charge in [-0.1, -0.05) is 40.2 Å². The number of halogens is 1. The Bertz CT molecular complexity index is 778. The van der Waals surface area contributed by atoms with Crippen molar-refractivity contribution in [1.29, 1.82) is 0 Å². The summed E-state index contributed by atoms with van der Waals surface area (Å²) in [7, 11) is 1.99. The number of para-hydroxylation sites is 1. The van der Waals surface area contributed by atoms with Crippen molar-refractivity contribution >= 4 is 33.2 Å². The van der Waals surface area contributed by atoms with Gasteiger partial charge in [-0.2, -0.15) is 0 Å². The minimum absolute atomic E-state index is 0.0144. The number of carbonyl (C=O) groups excluding carboxylic acids is 1. The first-order valence-electron chi connectivity index (χ1n) is 9.22. The van der Waals surface area contributed by atoms with E-state index in [0.29, 0.717) is 6.54 Å². The normalized spacial score (nSPS) is 15.6. The van der Waals surface area contributed by atoms with Gasteiger partial charge in [0.1, 0.15) is 0 Å². The predicted octanol–water partition coefficient (Wildman–Crippen LogP) is 3.74. The number of nitrogens with one attached hydrogen (secondary N) is 1. The number of nitrogens with zero attached hydrogens (tertiary/aromatic N) is 2. The van der Waals surface area contributed by atoms with Crippen molar-refractivity contribution in [2.24, 2.45) is 0 Å². The third-order valence-corrected chi connectivity index (χ3v) is 5.39. The van der Waals surface area contributed by atoms with Crippen LogP contribution in [0.25, 0.3) is 0 Å². The second-order valence-electron chi connectivity index (χ2n) is 6.82. The largest absolute Gasteiger partial charge is 0.378 e. The Morgan fingerprint density at radius 3 is 2.70 bits per heavy atom. The van der Waals surface area contributed by atoms with E-state index < -0.39 is 0 Å². The molecule has 0 unspecified atom stereocenters. The molecule has 144 valence electrons. The van der Waals surface area contributed by atoms with Gasteiger partial charge in [-0.15, -0.1) is 0 Å². The van der Waals surface area contributed by atoms with Gasteiger partial charge in [0.2, 0.25) is 5.91 Å². The van der Waals surface area contributed by atoms with Crippen LogP contribution >= 0.6 is 15.9 Å². The smallest absolute Gasteiger partial charge is 0.241 e. The van der Waals surface area contributed by atoms with Crippen molar-refractivity contribution in [3.05, 3.63) is 58.6 Å². The fourth-order valence-corrected chi connectivity index (χ4v) is 3.58. The lowest BCUT2D eigenvalue weighted by atomic mass is 10.1. The molecule has 27 heavy (non-hydrogen) atoms. The quantitative estimate of drug-likeness (QED) is 0.756. The van der Waals surface area contributed by atoms with Gasteiger partial charge in [0, 0.05) is 35.5 Å². The van der Waals surface area contributed by atoms with Crippen LogP contribution in [0.5, 0.6) is 0 Å². The van der Waals surface area contributed by atoms with Gasteiger partial charge in [0.15, 0.2) is 0 Å². The molecular formula is C21H26BrN3O2. The first-order valence-corrected chi connectivity index (χ1v) is 10.0. The summed E-state index contributed by atoms with van der Waals surface area (Å²) in [4.78, 5) is 17.1. The second-order valence-corrected chi connectivity index (χ2v) is 7.73. The number of amides is 1. The second kappa shape index (κ2) is 9.35. The summed E-state index contributed by atoms with van der Waals surface area (Å²) in [6.07, 6.45) is 0. The lowest BCUT2D eigenvalue weighted by molar-refractivity contribution is -0.120. The number of anilines is 2. The molecule has 1 N–H and O–H groups in total. The van der Waals surface area contributed by atoms with E-state index in [2.05, 4.69) is 55.3 Å². The monoisotopic (exact) mass is 431 g/mol. The number of benzene rings is 2. The maximum atomic E-state index is 12.6. The minimum Gasteiger partial charge on any atom is -0.378 e. The Morgan fingerprint density at radius 1 is 1.22 bits per heavy atom. The van der Waals surface area contributed by atoms with Crippen molar-refractivity contribution in [3.63, 3.8) is 0 Å². The molecule has 2 aromatic rings. The Hall–Kier alpha value is -1.89. The third kappa shape index (κ3) is 5.31. The van der Waals surface area contributed by atoms with Crippen LogP contribution in [0.3, 0.4) is 0 Å². The Morgan fingerprint density at radius 2 is 1.96 bits per heavy atom. The number of hydrogen-bond acceptors (Lipinski definition) is 4. The first-order chi connectivity index (χ1) is 13.0. The van der Waals surface area contributed by atoms with E-state index in [1.807, 2.05) is 38.2 Å². The summed E-state index contributed by atoms with van der Waals surface area (Å²) >= 11 is 3.43. The molecule has 0 bridgehead atoms. The highest BCUT2D eigenvalue weighted by molar-refractivity contribution is 9.10. The number of rotatable bonds is 6. The molecule has 0 saturated carbocycles. The Balaban J connectivity index is 1.65. The summed E-state index contributed by atoms with van der Waals surface area (Å²) in [6, 6.07) is 15.8. The van der Waals surface area contributed by atoms with E-state index in [1.54, 1.807) is 0 Å². The molecule has 1 aliphatic rings. The standard InChI is InChI=1S/C21H26BrN3O2/c1-16(21(26)23-19-8-5-7-18(22)14-19)24(2)15-17-6-3-4-9-20(17)25-10-12-27-13-11-25/h3-9,14,16H,10-13,15H2,1-2H3,(H,23,26)/t16-/m1/s1. The summed E-state index contributed by atoms with van der Waals surface area (Å²) in [5.74, 6) is -0.0144. The fourth-order valence-electron chi connectivity index (χ4n) is 3.18. The van der Waals surface area contributed by atoms with Gasteiger partial charge in [0.05, 0.1) is 19.3 Å². The molecule has 0 radical (unpaired) electrons. The molecule has 6 heteroatoms. The molecule has 0 aliphatic carbocycles. The van der Waals surface area contributed by atoms with E-state index in [-0.39, 0.29) is 11.9 Å². The molecule has 0 spiro atoms. The van der Waals surface area contributed by atoms with Crippen LogP contribution in [0.1, 0.15) is 12.5 Å². The Kier molecular flexibility index (Phi) is 6.88. The van der Waals surface area contributed by atoms with Crippen LogP contribution in [0.15, 0.2) is 53.0 Å². The molecule has 2 aromatic carbocycles. The lowest BCUT2D eigenvalue weighted by Crippen LogP contribution is -2.40. The van der Waals surface area contributed by atoms with E-state index in [9.17, 15) is 4.79 Å². The SMILES string of the molecule is C[C@H](C(=O)Nc1cccc(Br)c1)N(C)Cc1ccccc1N1CCOCC1. The highest BCUT2D eigenvalue weighted by Gasteiger charge is 2.21. The van der Waals surface area contributed by atoms with E-state index in [4.69, 9.17) is 4.74 Å². The van der Waals surface area contributed by atoms with Gasteiger partial charge < -0.3 is 15.0 Å². The van der Waals surface area contributed by atoms with Crippen LogP contribution in [0, 0.1) is 0 Å². The van der Waals surface area contributed by atoms with Crippen molar-refractivity contribution in [1.82, 2.24) is 4.90 Å². The molecule has 0 aromatic heterocycles. The average molecular weight is 432 g/mol. The maximum Gasteiger partial charge on any atom is 0.241 e. The van der Waals surface area contributed by atoms with Gasteiger partial charge >= 0.3 is 0 Å². The fraction of sp³-hybridized carbons (Fsp3) is 0.381. The van der Waals surface area contributed by atoms with E-state index >= 15 is 0 Å². The summed E-state index contributed by atoms with van der Waals surface area (Å²) < 4.78 is 6.41. The van der Waals surface area contributed by atoms with Crippen molar-refractivity contribution < 1.29 is 9.53 Å². The Labute approximate surface area is 169 Å². The van der Waals surface area contributed by atoms with Crippen molar-refractivity contribution in [2.45, 2.75) is 19.5 Å². The number of morpholine rings is 1. The highest BCUT2D eigenvalue weighted by Crippen LogP contribution is 2.23. The molecule has 5 nitrogen and oxygen atoms in total. The lowest BCUT2D eigenvalue weighted by Gasteiger charge is -2.32. The summed E-state index contributed by atoms with van der Waals surface area (Å²) in [5.41, 5.74) is 3.25. The molecule has 1 amide bonds. The zero-order chi connectivity index (χ0) is 19.2. The molecular weight excluding hydrogens is 406 g/mol. The molecule has 3 rings (SSSR count). The van der Waals surface area contributed by atoms with Crippen molar-refractivity contribution in [3.8, 4) is 0 Å². The van der Waals surface area contributed by atoms with Gasteiger partial charge in [-0.25, -0.2) is 0 Å². The van der Waals surface area contributed by atoms with Gasteiger partial charge in [-0.05, 0) is 43.8 Å². The summed E-state index contributed by atoms with van der Waals surface area (Å²) in [5, 5.41) is 2.99. The first kappa shape index (κ1) is 19.9. The highest BCUT2D eigenvalue weighted by atomic mass is 79.9. The average Bonchev–Trinajstić information content (AvgIpc) is 2.68. The zero-order valence-electron chi connectivity index (χ0n) is 15.8. The number of ether oxygens (including phenoxy) is 1. The van der Waals surface area contributed by atoms with Crippen LogP contribution in [0.4, 0.5) is 11.4 Å². The van der Waals surface area contributed by atoms with Crippen LogP contribution in [-0.4, -0.2) is 50.2 Å². The number of likely N-dealkylation sites (N-methyl/N-ethyl adjacent to an activating group) is 1. The predicted molar refractivity (Wildman–Crippen MR) is 113 cm³/mol. The van der Waals surface area contributed by atoms with Crippen LogP contribution in [0.2, 0.25) is 0 Å². The van der Waals surface area contributed by atoms with Crippen LogP contribution < -0.4 is 10.2 Å². The molecule has 1 heterocycles. The molecule has 1 aliphatic heterocycles. The molecule has 1 fully saturated rings. The van der Waals surface area contributed by atoms with Gasteiger partial charge in [-0.3, -0.25) is 9.69 Å². The van der Waals surface area contributed by atoms with Crippen LogP contribution in [-0.2, 0) is 16.1 Å².